The Hall–Kier alpha value is -0.570. The lowest BCUT2D eigenvalue weighted by Crippen LogP contribution is -2.24. The van der Waals surface area contributed by atoms with Crippen LogP contribution in [0.1, 0.15) is 60.3 Å². The quantitative estimate of drug-likeness (QED) is 0.494. The Kier molecular flexibility index (Phi) is 7.39. The Bertz CT molecular complexity index is 194. The first-order valence-electron chi connectivity index (χ1n) is 6.25. The summed E-state index contributed by atoms with van der Waals surface area (Å²) in [5.74, 6) is 0.186. The molecule has 0 radical (unpaired) electrons. The maximum Gasteiger partial charge on any atom is 0.347 e. The fraction of sp³-hybridized carbons (Fsp3) is 0.923. The highest BCUT2D eigenvalue weighted by Crippen LogP contribution is 2.17. The molecule has 1 unspecified atom stereocenters. The van der Waals surface area contributed by atoms with E-state index < -0.39 is 5.41 Å². The molecule has 0 aromatic heterocycles. The minimum absolute atomic E-state index is 0.308. The van der Waals surface area contributed by atoms with Gasteiger partial charge in [-0.05, 0) is 33.1 Å². The zero-order valence-corrected chi connectivity index (χ0v) is 11.3. The largest absolute Gasteiger partial charge is 0.347 e. The second-order valence-corrected chi connectivity index (χ2v) is 5.32. The predicted molar refractivity (Wildman–Crippen MR) is 64.8 cm³/mol. The molecule has 0 saturated heterocycles. The van der Waals surface area contributed by atoms with E-state index in [0.29, 0.717) is 12.5 Å². The van der Waals surface area contributed by atoms with E-state index in [4.69, 9.17) is 9.78 Å². The Morgan fingerprint density at radius 3 is 2.31 bits per heavy atom. The van der Waals surface area contributed by atoms with Gasteiger partial charge in [0.25, 0.3) is 0 Å². The second kappa shape index (κ2) is 7.66. The van der Waals surface area contributed by atoms with Crippen LogP contribution in [-0.2, 0) is 14.6 Å². The van der Waals surface area contributed by atoms with Gasteiger partial charge in [0, 0.05) is 0 Å². The van der Waals surface area contributed by atoms with Crippen molar-refractivity contribution in [2.24, 2.45) is 11.3 Å². The minimum Gasteiger partial charge on any atom is -0.298 e. The lowest BCUT2D eigenvalue weighted by molar-refractivity contribution is -0.285. The van der Waals surface area contributed by atoms with Crippen molar-refractivity contribution in [3.05, 3.63) is 0 Å². The van der Waals surface area contributed by atoms with Crippen LogP contribution in [0.5, 0.6) is 0 Å². The predicted octanol–water partition coefficient (Wildman–Crippen LogP) is 3.72. The summed E-state index contributed by atoms with van der Waals surface area (Å²) in [5.41, 5.74) is -0.495. The SMILES string of the molecule is CCCCC(CC)COOC(=O)C(C)(C)C. The highest BCUT2D eigenvalue weighted by molar-refractivity contribution is 5.74. The van der Waals surface area contributed by atoms with Crippen molar-refractivity contribution in [2.45, 2.75) is 60.3 Å². The number of hydrogen-bond donors (Lipinski definition) is 0. The van der Waals surface area contributed by atoms with Gasteiger partial charge in [0.05, 0.1) is 12.0 Å². The first-order valence-corrected chi connectivity index (χ1v) is 6.25. The standard InChI is InChI=1S/C13H26O3/c1-6-8-9-11(7-2)10-15-16-12(14)13(3,4)5/h11H,6-10H2,1-5H3. The normalized spacial score (nSPS) is 13.6. The molecule has 0 bridgehead atoms. The molecular weight excluding hydrogens is 204 g/mol. The summed E-state index contributed by atoms with van der Waals surface area (Å²) in [6.07, 6.45) is 4.60. The number of unbranched alkanes of at least 4 members (excludes halogenated alkanes) is 1. The summed E-state index contributed by atoms with van der Waals surface area (Å²) in [4.78, 5) is 21.2. The molecule has 3 nitrogen and oxygen atoms in total. The number of hydrogen-bond acceptors (Lipinski definition) is 3. The van der Waals surface area contributed by atoms with Crippen molar-refractivity contribution in [3.8, 4) is 0 Å². The third-order valence-electron chi connectivity index (χ3n) is 2.59. The molecule has 0 spiro atoms. The molecule has 96 valence electrons. The minimum atomic E-state index is -0.495. The van der Waals surface area contributed by atoms with Crippen LogP contribution >= 0.6 is 0 Å². The van der Waals surface area contributed by atoms with E-state index in [9.17, 15) is 4.79 Å². The summed E-state index contributed by atoms with van der Waals surface area (Å²) in [7, 11) is 0. The number of rotatable bonds is 7. The smallest absolute Gasteiger partial charge is 0.298 e. The molecule has 0 aliphatic heterocycles. The highest BCUT2D eigenvalue weighted by Gasteiger charge is 2.24. The first kappa shape index (κ1) is 15.4. The van der Waals surface area contributed by atoms with E-state index in [2.05, 4.69) is 13.8 Å². The Morgan fingerprint density at radius 1 is 1.25 bits per heavy atom. The van der Waals surface area contributed by atoms with Crippen molar-refractivity contribution >= 4 is 5.97 Å². The molecule has 0 amide bonds. The van der Waals surface area contributed by atoms with Crippen LogP contribution in [-0.4, -0.2) is 12.6 Å². The lowest BCUT2D eigenvalue weighted by Gasteiger charge is -2.17. The van der Waals surface area contributed by atoms with Gasteiger partial charge in [-0.3, -0.25) is 4.89 Å². The molecule has 0 aliphatic rings. The van der Waals surface area contributed by atoms with Gasteiger partial charge in [0.15, 0.2) is 0 Å². The van der Waals surface area contributed by atoms with Crippen LogP contribution in [0.15, 0.2) is 0 Å². The number of carbonyl (C=O) groups is 1. The average molecular weight is 230 g/mol. The molecule has 0 rings (SSSR count). The van der Waals surface area contributed by atoms with Gasteiger partial charge in [-0.1, -0.05) is 33.1 Å². The molecule has 0 aliphatic carbocycles. The van der Waals surface area contributed by atoms with Crippen LogP contribution in [0.4, 0.5) is 0 Å². The molecule has 0 saturated carbocycles. The molecule has 0 heterocycles. The van der Waals surface area contributed by atoms with Crippen molar-refractivity contribution in [1.29, 1.82) is 0 Å². The Balaban J connectivity index is 3.74. The zero-order valence-electron chi connectivity index (χ0n) is 11.3. The molecule has 0 N–H and O–H groups in total. The summed E-state index contributed by atoms with van der Waals surface area (Å²) >= 11 is 0. The first-order chi connectivity index (χ1) is 7.41. The fourth-order valence-corrected chi connectivity index (χ4v) is 1.21. The molecule has 0 aromatic rings. The van der Waals surface area contributed by atoms with Crippen LogP contribution in [0.3, 0.4) is 0 Å². The zero-order chi connectivity index (χ0) is 12.6. The fourth-order valence-electron chi connectivity index (χ4n) is 1.21. The lowest BCUT2D eigenvalue weighted by atomic mass is 9.98. The molecule has 3 heteroatoms. The third kappa shape index (κ3) is 6.83. The Labute approximate surface area is 99.4 Å². The Morgan fingerprint density at radius 2 is 1.88 bits per heavy atom. The van der Waals surface area contributed by atoms with Gasteiger partial charge in [-0.15, -0.1) is 0 Å². The van der Waals surface area contributed by atoms with Crippen molar-refractivity contribution in [2.75, 3.05) is 6.61 Å². The summed E-state index contributed by atoms with van der Waals surface area (Å²) in [6, 6.07) is 0. The molecule has 1 atom stereocenters. The van der Waals surface area contributed by atoms with Crippen molar-refractivity contribution in [1.82, 2.24) is 0 Å². The number of carbonyl (C=O) groups excluding carboxylic acids is 1. The van der Waals surface area contributed by atoms with E-state index in [1.165, 1.54) is 12.8 Å². The van der Waals surface area contributed by atoms with Gasteiger partial charge >= 0.3 is 5.97 Å². The molecule has 0 fully saturated rings. The van der Waals surface area contributed by atoms with E-state index >= 15 is 0 Å². The second-order valence-electron chi connectivity index (χ2n) is 5.32. The van der Waals surface area contributed by atoms with Crippen molar-refractivity contribution in [3.63, 3.8) is 0 Å². The molecule has 16 heavy (non-hydrogen) atoms. The molecule has 0 aromatic carbocycles. The maximum atomic E-state index is 11.4. The van der Waals surface area contributed by atoms with E-state index in [0.717, 1.165) is 12.8 Å². The summed E-state index contributed by atoms with van der Waals surface area (Å²) in [5, 5.41) is 0. The van der Waals surface area contributed by atoms with Gasteiger partial charge in [0.1, 0.15) is 0 Å². The van der Waals surface area contributed by atoms with Crippen LogP contribution in [0.25, 0.3) is 0 Å². The van der Waals surface area contributed by atoms with Crippen LogP contribution in [0.2, 0.25) is 0 Å². The third-order valence-corrected chi connectivity index (χ3v) is 2.59. The van der Waals surface area contributed by atoms with Gasteiger partial charge < -0.3 is 0 Å². The summed E-state index contributed by atoms with van der Waals surface area (Å²) < 4.78 is 0. The topological polar surface area (TPSA) is 35.5 Å². The van der Waals surface area contributed by atoms with E-state index in [1.807, 2.05) is 20.8 Å². The van der Waals surface area contributed by atoms with Gasteiger partial charge in [-0.2, -0.15) is 4.89 Å². The van der Waals surface area contributed by atoms with Crippen molar-refractivity contribution < 1.29 is 14.6 Å². The van der Waals surface area contributed by atoms with Crippen LogP contribution < -0.4 is 0 Å². The van der Waals surface area contributed by atoms with Gasteiger partial charge in [0.2, 0.25) is 0 Å². The maximum absolute atomic E-state index is 11.4. The molecular formula is C13H26O3. The average Bonchev–Trinajstić information content (AvgIpc) is 2.21. The van der Waals surface area contributed by atoms with E-state index in [1.54, 1.807) is 0 Å². The monoisotopic (exact) mass is 230 g/mol. The summed E-state index contributed by atoms with van der Waals surface area (Å²) in [6.45, 7) is 10.3. The highest BCUT2D eigenvalue weighted by atomic mass is 17.2. The van der Waals surface area contributed by atoms with E-state index in [-0.39, 0.29) is 5.97 Å². The van der Waals surface area contributed by atoms with Crippen LogP contribution in [0, 0.1) is 11.3 Å². The van der Waals surface area contributed by atoms with Gasteiger partial charge in [-0.25, -0.2) is 4.79 Å².